The zero-order valence-electron chi connectivity index (χ0n) is 7.27. The molecule has 1 heterocycles. The normalized spacial score (nSPS) is 18.5. The van der Waals surface area contributed by atoms with Crippen LogP contribution < -0.4 is 0 Å². The number of carbonyl (C=O) groups is 1. The Morgan fingerprint density at radius 1 is 1.54 bits per heavy atom. The van der Waals surface area contributed by atoms with Crippen molar-refractivity contribution in [3.63, 3.8) is 0 Å². The zero-order valence-corrected chi connectivity index (χ0v) is 8.09. The van der Waals surface area contributed by atoms with Gasteiger partial charge in [0.05, 0.1) is 19.6 Å². The molecule has 0 aromatic carbocycles. The van der Waals surface area contributed by atoms with Gasteiger partial charge in [0.25, 0.3) is 0 Å². The maximum absolute atomic E-state index is 10.8. The monoisotopic (exact) mass is 207 g/mol. The SMILES string of the molecule is O=C(CCN1CCOCC1)OSO. The number of nitrogens with zero attached hydrogens (tertiary/aromatic N) is 1. The molecule has 0 bridgehead atoms. The van der Waals surface area contributed by atoms with Gasteiger partial charge in [-0.25, -0.2) is 0 Å². The summed E-state index contributed by atoms with van der Waals surface area (Å²) in [6.07, 6.45) is 0.313. The van der Waals surface area contributed by atoms with Gasteiger partial charge < -0.3 is 8.92 Å². The predicted octanol–water partition coefficient (Wildman–Crippen LogP) is 0.373. The van der Waals surface area contributed by atoms with Crippen molar-refractivity contribution in [3.05, 3.63) is 0 Å². The molecule has 0 aromatic heterocycles. The summed E-state index contributed by atoms with van der Waals surface area (Å²) in [5.74, 6) is -0.390. The van der Waals surface area contributed by atoms with E-state index in [1.165, 1.54) is 0 Å². The third-order valence-corrected chi connectivity index (χ3v) is 2.13. The highest BCUT2D eigenvalue weighted by Crippen LogP contribution is 2.02. The lowest BCUT2D eigenvalue weighted by Gasteiger charge is -2.25. The van der Waals surface area contributed by atoms with Crippen LogP contribution in [0.5, 0.6) is 0 Å². The summed E-state index contributed by atoms with van der Waals surface area (Å²) < 4.78 is 17.7. The fraction of sp³-hybridized carbons (Fsp3) is 0.857. The van der Waals surface area contributed by atoms with E-state index in [2.05, 4.69) is 9.08 Å². The van der Waals surface area contributed by atoms with E-state index in [1.54, 1.807) is 0 Å². The van der Waals surface area contributed by atoms with Crippen LogP contribution in [0.25, 0.3) is 0 Å². The molecule has 1 saturated heterocycles. The Labute approximate surface area is 81.4 Å². The molecule has 76 valence electrons. The van der Waals surface area contributed by atoms with Crippen LogP contribution in [0.3, 0.4) is 0 Å². The minimum Gasteiger partial charge on any atom is -0.379 e. The number of hydrogen-bond donors (Lipinski definition) is 1. The molecule has 0 unspecified atom stereocenters. The third-order valence-electron chi connectivity index (χ3n) is 1.87. The summed E-state index contributed by atoms with van der Waals surface area (Å²) >= 11 is 0.104. The van der Waals surface area contributed by atoms with Crippen LogP contribution in [0, 0.1) is 0 Å². The van der Waals surface area contributed by atoms with E-state index in [-0.39, 0.29) is 18.3 Å². The first-order chi connectivity index (χ1) is 6.33. The number of morpholine rings is 1. The highest BCUT2D eigenvalue weighted by molar-refractivity contribution is 7.89. The zero-order chi connectivity index (χ0) is 9.52. The Kier molecular flexibility index (Phi) is 5.14. The van der Waals surface area contributed by atoms with Crippen molar-refractivity contribution >= 4 is 18.3 Å². The maximum Gasteiger partial charge on any atom is 0.321 e. The Balaban J connectivity index is 2.06. The van der Waals surface area contributed by atoms with Gasteiger partial charge >= 0.3 is 5.97 Å². The summed E-state index contributed by atoms with van der Waals surface area (Å²) in [4.78, 5) is 13.0. The largest absolute Gasteiger partial charge is 0.379 e. The standard InChI is InChI=1S/C7H13NO4S/c9-7(12-13-10)1-2-8-3-5-11-6-4-8/h10H,1-6H2. The van der Waals surface area contributed by atoms with E-state index in [0.29, 0.717) is 13.0 Å². The van der Waals surface area contributed by atoms with Gasteiger partial charge in [-0.1, -0.05) is 0 Å². The van der Waals surface area contributed by atoms with Crippen LogP contribution in [-0.4, -0.2) is 48.3 Å². The lowest BCUT2D eigenvalue weighted by molar-refractivity contribution is -0.134. The van der Waals surface area contributed by atoms with Crippen LogP contribution in [0.1, 0.15) is 6.42 Å². The molecule has 0 spiro atoms. The molecule has 1 rings (SSSR count). The Morgan fingerprint density at radius 3 is 2.85 bits per heavy atom. The number of hydrogen-bond acceptors (Lipinski definition) is 6. The van der Waals surface area contributed by atoms with Gasteiger partial charge in [0.2, 0.25) is 12.3 Å². The van der Waals surface area contributed by atoms with E-state index in [1.807, 2.05) is 0 Å². The van der Waals surface area contributed by atoms with Gasteiger partial charge in [-0.3, -0.25) is 14.2 Å². The summed E-state index contributed by atoms with van der Waals surface area (Å²) in [7, 11) is 0. The molecule has 0 aliphatic carbocycles. The van der Waals surface area contributed by atoms with E-state index in [0.717, 1.165) is 26.3 Å². The second-order valence-electron chi connectivity index (χ2n) is 2.73. The molecular weight excluding hydrogens is 194 g/mol. The molecule has 0 atom stereocenters. The minimum atomic E-state index is -0.390. The van der Waals surface area contributed by atoms with Gasteiger partial charge in [-0.2, -0.15) is 0 Å². The van der Waals surface area contributed by atoms with Crippen molar-refractivity contribution < 1.29 is 18.3 Å². The smallest absolute Gasteiger partial charge is 0.321 e. The van der Waals surface area contributed by atoms with Gasteiger partial charge in [0.1, 0.15) is 0 Å². The van der Waals surface area contributed by atoms with Crippen molar-refractivity contribution in [1.29, 1.82) is 0 Å². The molecule has 6 heteroatoms. The van der Waals surface area contributed by atoms with E-state index >= 15 is 0 Å². The van der Waals surface area contributed by atoms with Crippen molar-refractivity contribution in [3.8, 4) is 0 Å². The molecule has 0 aromatic rings. The highest BCUT2D eigenvalue weighted by atomic mass is 32.2. The second kappa shape index (κ2) is 6.20. The van der Waals surface area contributed by atoms with Crippen LogP contribution in [0.2, 0.25) is 0 Å². The molecule has 1 aliphatic rings. The lowest BCUT2D eigenvalue weighted by atomic mass is 10.3. The maximum atomic E-state index is 10.8. The van der Waals surface area contributed by atoms with Crippen molar-refractivity contribution in [2.45, 2.75) is 6.42 Å². The molecule has 0 saturated carbocycles. The molecule has 1 aliphatic heterocycles. The van der Waals surface area contributed by atoms with Gasteiger partial charge in [-0.05, 0) is 0 Å². The predicted molar refractivity (Wildman–Crippen MR) is 48.2 cm³/mol. The number of carbonyl (C=O) groups excluding carboxylic acids is 1. The molecule has 13 heavy (non-hydrogen) atoms. The average Bonchev–Trinajstić information content (AvgIpc) is 2.17. The molecule has 1 fully saturated rings. The average molecular weight is 207 g/mol. The van der Waals surface area contributed by atoms with Gasteiger partial charge in [0.15, 0.2) is 0 Å². The molecule has 0 amide bonds. The summed E-state index contributed by atoms with van der Waals surface area (Å²) in [5, 5.41) is 0. The topological polar surface area (TPSA) is 59.0 Å². The van der Waals surface area contributed by atoms with Crippen LogP contribution in [0.4, 0.5) is 0 Å². The molecule has 5 nitrogen and oxygen atoms in total. The van der Waals surface area contributed by atoms with Crippen molar-refractivity contribution in [2.24, 2.45) is 0 Å². The summed E-state index contributed by atoms with van der Waals surface area (Å²) in [5.41, 5.74) is 0. The number of rotatable bonds is 4. The first-order valence-corrected chi connectivity index (χ1v) is 4.84. The fourth-order valence-corrected chi connectivity index (χ4v) is 1.32. The second-order valence-corrected chi connectivity index (χ2v) is 3.05. The first kappa shape index (κ1) is 10.8. The Bertz CT molecular complexity index is 161. The van der Waals surface area contributed by atoms with Gasteiger partial charge in [-0.15, -0.1) is 0 Å². The molecule has 1 N–H and O–H groups in total. The first-order valence-electron chi connectivity index (χ1n) is 4.14. The lowest BCUT2D eigenvalue weighted by Crippen LogP contribution is -2.37. The van der Waals surface area contributed by atoms with Crippen LogP contribution in [-0.2, 0) is 13.7 Å². The summed E-state index contributed by atoms with van der Waals surface area (Å²) in [6.45, 7) is 3.84. The highest BCUT2D eigenvalue weighted by Gasteiger charge is 2.12. The Morgan fingerprint density at radius 2 is 2.23 bits per heavy atom. The van der Waals surface area contributed by atoms with E-state index in [9.17, 15) is 4.79 Å². The Hall–Kier alpha value is -0.300. The van der Waals surface area contributed by atoms with Crippen molar-refractivity contribution in [2.75, 3.05) is 32.8 Å². The minimum absolute atomic E-state index is 0.104. The van der Waals surface area contributed by atoms with E-state index < -0.39 is 0 Å². The van der Waals surface area contributed by atoms with Gasteiger partial charge in [0, 0.05) is 19.6 Å². The van der Waals surface area contributed by atoms with Crippen LogP contribution >= 0.6 is 12.3 Å². The molecular formula is C7H13NO4S. The quantitative estimate of drug-likeness (QED) is 0.672. The number of ether oxygens (including phenoxy) is 1. The third kappa shape index (κ3) is 4.47. The van der Waals surface area contributed by atoms with Crippen LogP contribution in [0.15, 0.2) is 0 Å². The van der Waals surface area contributed by atoms with Crippen molar-refractivity contribution in [1.82, 2.24) is 4.90 Å². The fourth-order valence-electron chi connectivity index (χ4n) is 1.16. The molecule has 0 radical (unpaired) electrons. The van der Waals surface area contributed by atoms with E-state index in [4.69, 9.17) is 9.29 Å². The summed E-state index contributed by atoms with van der Waals surface area (Å²) in [6, 6.07) is 0.